The van der Waals surface area contributed by atoms with E-state index in [1.54, 1.807) is 42.5 Å². The van der Waals surface area contributed by atoms with Crippen LogP contribution < -0.4 is 5.32 Å². The molecule has 1 saturated carbocycles. The van der Waals surface area contributed by atoms with Crippen LogP contribution in [0, 0.1) is 5.92 Å². The van der Waals surface area contributed by atoms with Gasteiger partial charge >= 0.3 is 0 Å². The normalized spacial score (nSPS) is 16.8. The molecule has 1 aliphatic rings. The molecular weight excluding hydrogens is 346 g/mol. The second-order valence-electron chi connectivity index (χ2n) is 6.84. The fraction of sp³-hybridized carbons (Fsp3) is 0.381. The van der Waals surface area contributed by atoms with Gasteiger partial charge < -0.3 is 5.32 Å². The second-order valence-corrected chi connectivity index (χ2v) is 8.97. The molecule has 4 nitrogen and oxygen atoms in total. The van der Waals surface area contributed by atoms with Crippen molar-refractivity contribution in [3.8, 4) is 0 Å². The van der Waals surface area contributed by atoms with Crippen molar-refractivity contribution in [3.05, 3.63) is 66.2 Å². The highest BCUT2D eigenvalue weighted by molar-refractivity contribution is 7.91. The highest BCUT2D eigenvalue weighted by Crippen LogP contribution is 2.29. The Hall–Kier alpha value is -2.14. The number of nitrogens with one attached hydrogen (secondary N) is 1. The van der Waals surface area contributed by atoms with Gasteiger partial charge in [-0.1, -0.05) is 67.8 Å². The lowest BCUT2D eigenvalue weighted by Gasteiger charge is -2.23. The van der Waals surface area contributed by atoms with Crippen LogP contribution in [0.15, 0.2) is 65.6 Å². The van der Waals surface area contributed by atoms with Crippen molar-refractivity contribution >= 4 is 15.7 Å². The fourth-order valence-electron chi connectivity index (χ4n) is 3.55. The minimum atomic E-state index is -3.60. The molecule has 26 heavy (non-hydrogen) atoms. The first-order valence-corrected chi connectivity index (χ1v) is 10.8. The molecule has 1 atom stereocenters. The Kier molecular flexibility index (Phi) is 6.09. The van der Waals surface area contributed by atoms with Gasteiger partial charge in [-0.2, -0.15) is 0 Å². The molecule has 1 fully saturated rings. The third-order valence-corrected chi connectivity index (χ3v) is 7.17. The van der Waals surface area contributed by atoms with E-state index in [0.717, 1.165) is 25.7 Å². The molecule has 2 aromatic carbocycles. The van der Waals surface area contributed by atoms with Crippen LogP contribution in [0.3, 0.4) is 0 Å². The van der Waals surface area contributed by atoms with E-state index in [2.05, 4.69) is 5.32 Å². The van der Waals surface area contributed by atoms with E-state index < -0.39 is 15.1 Å². The van der Waals surface area contributed by atoms with Gasteiger partial charge in [0.25, 0.3) is 0 Å². The van der Waals surface area contributed by atoms with Crippen molar-refractivity contribution in [3.63, 3.8) is 0 Å². The molecular formula is C21H25NO3S. The summed E-state index contributed by atoms with van der Waals surface area (Å²) >= 11 is 0. The van der Waals surface area contributed by atoms with E-state index in [0.29, 0.717) is 5.56 Å². The van der Waals surface area contributed by atoms with Crippen LogP contribution in [0.5, 0.6) is 0 Å². The highest BCUT2D eigenvalue weighted by atomic mass is 32.2. The van der Waals surface area contributed by atoms with Crippen molar-refractivity contribution in [1.29, 1.82) is 0 Å². The van der Waals surface area contributed by atoms with Crippen molar-refractivity contribution in [2.45, 2.75) is 42.2 Å². The molecule has 1 amide bonds. The summed E-state index contributed by atoms with van der Waals surface area (Å²) in [5.74, 6) is -0.00602. The fourth-order valence-corrected chi connectivity index (χ4v) is 5.23. The zero-order valence-corrected chi connectivity index (χ0v) is 15.6. The molecule has 1 aliphatic carbocycles. The minimum Gasteiger partial charge on any atom is -0.354 e. The summed E-state index contributed by atoms with van der Waals surface area (Å²) in [5.41, 5.74) is 0.695. The summed E-state index contributed by atoms with van der Waals surface area (Å²) in [7, 11) is -3.60. The van der Waals surface area contributed by atoms with E-state index in [9.17, 15) is 13.2 Å². The molecule has 0 unspecified atom stereocenters. The molecule has 0 radical (unpaired) electrons. The molecule has 0 aliphatic heterocycles. The Bertz CT molecular complexity index is 813. The number of amides is 1. The maximum absolute atomic E-state index is 13.2. The average molecular weight is 372 g/mol. The maximum atomic E-state index is 13.2. The summed E-state index contributed by atoms with van der Waals surface area (Å²) in [5, 5.41) is 2.12. The molecule has 0 bridgehead atoms. The van der Waals surface area contributed by atoms with Crippen molar-refractivity contribution in [1.82, 2.24) is 5.32 Å². The molecule has 0 spiro atoms. The lowest BCUT2D eigenvalue weighted by molar-refractivity contribution is -0.125. The Labute approximate surface area is 155 Å². The van der Waals surface area contributed by atoms with Gasteiger partial charge in [0.2, 0.25) is 5.91 Å². The van der Waals surface area contributed by atoms with Crippen LogP contribution in [0.2, 0.25) is 0 Å². The molecule has 5 heteroatoms. The predicted octanol–water partition coefficient (Wildman–Crippen LogP) is 3.90. The number of carbonyl (C=O) groups is 1. The maximum Gasteiger partial charge on any atom is 0.223 e. The predicted molar refractivity (Wildman–Crippen MR) is 102 cm³/mol. The summed E-state index contributed by atoms with van der Waals surface area (Å²) in [6, 6.07) is 17.6. The summed E-state index contributed by atoms with van der Waals surface area (Å²) in [4.78, 5) is 12.8. The highest BCUT2D eigenvalue weighted by Gasteiger charge is 2.30. The first-order valence-electron chi connectivity index (χ1n) is 9.20. The third-order valence-electron chi connectivity index (χ3n) is 5.06. The van der Waals surface area contributed by atoms with E-state index in [1.165, 1.54) is 6.42 Å². The van der Waals surface area contributed by atoms with Crippen LogP contribution in [0.25, 0.3) is 0 Å². The number of hydrogen-bond acceptors (Lipinski definition) is 3. The van der Waals surface area contributed by atoms with Gasteiger partial charge in [0.1, 0.15) is 5.25 Å². The molecule has 0 heterocycles. The average Bonchev–Trinajstić information content (AvgIpc) is 2.70. The smallest absolute Gasteiger partial charge is 0.223 e. The van der Waals surface area contributed by atoms with E-state index in [-0.39, 0.29) is 23.3 Å². The quantitative estimate of drug-likeness (QED) is 0.838. The second kappa shape index (κ2) is 8.49. The van der Waals surface area contributed by atoms with E-state index >= 15 is 0 Å². The Balaban J connectivity index is 1.81. The topological polar surface area (TPSA) is 63.2 Å². The molecule has 0 saturated heterocycles. The van der Waals surface area contributed by atoms with E-state index in [4.69, 9.17) is 0 Å². The minimum absolute atomic E-state index is 0.0135. The standard InChI is InChI=1S/C21H25NO3S/c23-21(18-12-6-2-7-13-18)22-16-20(17-10-4-1-5-11-17)26(24,25)19-14-8-3-9-15-19/h1,3-5,8-11,14-15,18,20H,2,6-7,12-13,16H2,(H,22,23)/t20-/m0/s1. The lowest BCUT2D eigenvalue weighted by atomic mass is 9.88. The number of carbonyl (C=O) groups excluding carboxylic acids is 1. The number of benzene rings is 2. The van der Waals surface area contributed by atoms with Crippen LogP contribution in [-0.4, -0.2) is 20.9 Å². The van der Waals surface area contributed by atoms with Crippen LogP contribution in [0.1, 0.15) is 42.9 Å². The first-order chi connectivity index (χ1) is 12.6. The molecule has 2 aromatic rings. The van der Waals surface area contributed by atoms with Gasteiger partial charge in [0, 0.05) is 12.5 Å². The Morgan fingerprint density at radius 1 is 0.923 bits per heavy atom. The van der Waals surface area contributed by atoms with Crippen molar-refractivity contribution in [2.75, 3.05) is 6.54 Å². The van der Waals surface area contributed by atoms with Crippen LogP contribution in [-0.2, 0) is 14.6 Å². The summed E-state index contributed by atoms with van der Waals surface area (Å²) < 4.78 is 26.3. The monoisotopic (exact) mass is 371 g/mol. The SMILES string of the molecule is O=C(NC[C@@H](c1ccccc1)S(=O)(=O)c1ccccc1)C1CCCCC1. The third kappa shape index (κ3) is 4.33. The van der Waals surface area contributed by atoms with Gasteiger partial charge in [-0.25, -0.2) is 8.42 Å². The van der Waals surface area contributed by atoms with Gasteiger partial charge in [-0.15, -0.1) is 0 Å². The van der Waals surface area contributed by atoms with Crippen molar-refractivity contribution in [2.24, 2.45) is 5.92 Å². The van der Waals surface area contributed by atoms with Crippen LogP contribution >= 0.6 is 0 Å². The number of rotatable bonds is 6. The van der Waals surface area contributed by atoms with Gasteiger partial charge in [-0.3, -0.25) is 4.79 Å². The first kappa shape index (κ1) is 18.6. The van der Waals surface area contributed by atoms with Crippen LogP contribution in [0.4, 0.5) is 0 Å². The van der Waals surface area contributed by atoms with Gasteiger partial charge in [-0.05, 0) is 30.5 Å². The molecule has 1 N–H and O–H groups in total. The number of sulfone groups is 1. The van der Waals surface area contributed by atoms with Gasteiger partial charge in [0.15, 0.2) is 9.84 Å². The Morgan fingerprint density at radius 2 is 1.50 bits per heavy atom. The van der Waals surface area contributed by atoms with Gasteiger partial charge in [0.05, 0.1) is 4.90 Å². The molecule has 0 aromatic heterocycles. The summed E-state index contributed by atoms with van der Waals surface area (Å²) in [6.45, 7) is 0.0938. The zero-order chi connectivity index (χ0) is 18.4. The Morgan fingerprint density at radius 3 is 2.12 bits per heavy atom. The largest absolute Gasteiger partial charge is 0.354 e. The lowest BCUT2D eigenvalue weighted by Crippen LogP contribution is -2.36. The number of hydrogen-bond donors (Lipinski definition) is 1. The summed E-state index contributed by atoms with van der Waals surface area (Å²) in [6.07, 6.45) is 5.12. The molecule has 138 valence electrons. The molecule has 3 rings (SSSR count). The van der Waals surface area contributed by atoms with Crippen molar-refractivity contribution < 1.29 is 13.2 Å². The zero-order valence-electron chi connectivity index (χ0n) is 14.8. The van der Waals surface area contributed by atoms with E-state index in [1.807, 2.05) is 18.2 Å².